The molecule has 23 heavy (non-hydrogen) atoms. The van der Waals surface area contributed by atoms with E-state index in [1.807, 2.05) is 18.7 Å². The minimum absolute atomic E-state index is 0.110. The van der Waals surface area contributed by atoms with E-state index < -0.39 is 0 Å². The summed E-state index contributed by atoms with van der Waals surface area (Å²) in [4.78, 5) is 16.4. The number of ether oxygens (including phenoxy) is 1. The van der Waals surface area contributed by atoms with Gasteiger partial charge in [0.15, 0.2) is 0 Å². The molecule has 1 aromatic heterocycles. The summed E-state index contributed by atoms with van der Waals surface area (Å²) in [5.74, 6) is 1.09. The molecule has 7 heteroatoms. The van der Waals surface area contributed by atoms with Crippen LogP contribution in [0.3, 0.4) is 0 Å². The third kappa shape index (κ3) is 4.02. The lowest BCUT2D eigenvalue weighted by Crippen LogP contribution is -2.49. The fourth-order valence-corrected chi connectivity index (χ4v) is 3.03. The van der Waals surface area contributed by atoms with Gasteiger partial charge in [-0.15, -0.1) is 5.10 Å². The Kier molecular flexibility index (Phi) is 5.15. The highest BCUT2D eigenvalue weighted by Gasteiger charge is 2.27. The maximum Gasteiger partial charge on any atom is 0.318 e. The lowest BCUT2D eigenvalue weighted by molar-refractivity contribution is -0.135. The molecule has 0 radical (unpaired) electrons. The fraction of sp³-hybridized carbons (Fsp3) is 0.812. The lowest BCUT2D eigenvalue weighted by Gasteiger charge is -2.34. The molecule has 2 fully saturated rings. The number of hydrogen-bond donors (Lipinski definition) is 0. The Balaban J connectivity index is 1.48. The van der Waals surface area contributed by atoms with E-state index in [0.29, 0.717) is 31.4 Å². The van der Waals surface area contributed by atoms with E-state index in [1.165, 1.54) is 6.42 Å². The van der Waals surface area contributed by atoms with Gasteiger partial charge in [0.25, 0.3) is 0 Å². The van der Waals surface area contributed by atoms with Crippen molar-refractivity contribution in [1.82, 2.24) is 15.1 Å². The number of anilines is 1. The second-order valence-electron chi connectivity index (χ2n) is 6.64. The molecule has 0 aliphatic carbocycles. The van der Waals surface area contributed by atoms with Crippen LogP contribution in [0.15, 0.2) is 4.42 Å². The van der Waals surface area contributed by atoms with Gasteiger partial charge in [0.05, 0.1) is 12.5 Å². The van der Waals surface area contributed by atoms with Crippen LogP contribution >= 0.6 is 0 Å². The van der Waals surface area contributed by atoms with Crippen molar-refractivity contribution in [3.63, 3.8) is 0 Å². The molecule has 2 aliphatic heterocycles. The Morgan fingerprint density at radius 2 is 2.00 bits per heavy atom. The fourth-order valence-electron chi connectivity index (χ4n) is 3.03. The van der Waals surface area contributed by atoms with Gasteiger partial charge < -0.3 is 19.0 Å². The predicted octanol–water partition coefficient (Wildman–Crippen LogP) is 1.80. The first-order valence-corrected chi connectivity index (χ1v) is 8.61. The lowest BCUT2D eigenvalue weighted by atomic mass is 10.1. The highest BCUT2D eigenvalue weighted by molar-refractivity contribution is 5.77. The average molecular weight is 322 g/mol. The van der Waals surface area contributed by atoms with Gasteiger partial charge in [-0.05, 0) is 19.3 Å². The van der Waals surface area contributed by atoms with E-state index >= 15 is 0 Å². The molecule has 1 aromatic rings. The number of aromatic nitrogens is 2. The molecule has 3 heterocycles. The summed E-state index contributed by atoms with van der Waals surface area (Å²) in [5, 5.41) is 8.18. The first kappa shape index (κ1) is 16.2. The topological polar surface area (TPSA) is 71.7 Å². The van der Waals surface area contributed by atoms with Crippen LogP contribution in [0.5, 0.6) is 0 Å². The van der Waals surface area contributed by atoms with Gasteiger partial charge in [0, 0.05) is 38.7 Å². The molecule has 1 unspecified atom stereocenters. The summed E-state index contributed by atoms with van der Waals surface area (Å²) < 4.78 is 11.3. The largest absolute Gasteiger partial charge is 0.408 e. The molecule has 0 saturated carbocycles. The smallest absolute Gasteiger partial charge is 0.318 e. The van der Waals surface area contributed by atoms with Gasteiger partial charge in [0.2, 0.25) is 11.8 Å². The van der Waals surface area contributed by atoms with Crippen molar-refractivity contribution in [3.8, 4) is 0 Å². The number of carbonyl (C=O) groups excluding carboxylic acids is 1. The van der Waals surface area contributed by atoms with Crippen molar-refractivity contribution in [2.45, 2.75) is 51.6 Å². The molecule has 2 aliphatic rings. The Hall–Kier alpha value is -1.63. The number of piperazine rings is 1. The van der Waals surface area contributed by atoms with Crippen LogP contribution in [0.2, 0.25) is 0 Å². The molecule has 1 atom stereocenters. The van der Waals surface area contributed by atoms with E-state index in [9.17, 15) is 4.79 Å². The molecular formula is C16H26N4O3. The van der Waals surface area contributed by atoms with E-state index in [4.69, 9.17) is 9.15 Å². The van der Waals surface area contributed by atoms with Crippen molar-refractivity contribution in [2.75, 3.05) is 37.7 Å². The standard InChI is InChI=1S/C16H26N4O3/c1-12(2)15-17-18-16(23-15)20-8-6-19(7-9-20)14(21)11-13-5-3-4-10-22-13/h12-13H,3-11H2,1-2H3. The van der Waals surface area contributed by atoms with E-state index in [-0.39, 0.29) is 17.9 Å². The first-order valence-electron chi connectivity index (χ1n) is 8.61. The number of nitrogens with zero attached hydrogens (tertiary/aromatic N) is 4. The van der Waals surface area contributed by atoms with Gasteiger partial charge in [-0.2, -0.15) is 0 Å². The maximum absolute atomic E-state index is 12.4. The highest BCUT2D eigenvalue weighted by atomic mass is 16.5. The number of carbonyl (C=O) groups is 1. The molecular weight excluding hydrogens is 296 g/mol. The zero-order chi connectivity index (χ0) is 16.2. The van der Waals surface area contributed by atoms with Crippen molar-refractivity contribution >= 4 is 11.9 Å². The van der Waals surface area contributed by atoms with Crippen molar-refractivity contribution < 1.29 is 13.9 Å². The molecule has 0 N–H and O–H groups in total. The third-order valence-corrected chi connectivity index (χ3v) is 4.50. The van der Waals surface area contributed by atoms with Gasteiger partial charge in [0.1, 0.15) is 0 Å². The molecule has 3 rings (SSSR count). The molecule has 0 spiro atoms. The van der Waals surface area contributed by atoms with Crippen molar-refractivity contribution in [1.29, 1.82) is 0 Å². The molecule has 0 aromatic carbocycles. The third-order valence-electron chi connectivity index (χ3n) is 4.50. The zero-order valence-corrected chi connectivity index (χ0v) is 14.0. The summed E-state index contributed by atoms with van der Waals surface area (Å²) in [6.07, 6.45) is 3.91. The summed E-state index contributed by atoms with van der Waals surface area (Å²) in [5.41, 5.74) is 0. The average Bonchev–Trinajstić information content (AvgIpc) is 3.06. The Bertz CT molecular complexity index is 517. The van der Waals surface area contributed by atoms with Crippen LogP contribution in [0, 0.1) is 0 Å². The van der Waals surface area contributed by atoms with E-state index in [2.05, 4.69) is 15.1 Å². The SMILES string of the molecule is CC(C)c1nnc(N2CCN(C(=O)CC3CCCCO3)CC2)o1. The Morgan fingerprint density at radius 1 is 1.22 bits per heavy atom. The number of amides is 1. The quantitative estimate of drug-likeness (QED) is 0.842. The predicted molar refractivity (Wildman–Crippen MR) is 85.4 cm³/mol. The number of rotatable bonds is 4. The normalized spacial score (nSPS) is 22.7. The first-order chi connectivity index (χ1) is 11.1. The van der Waals surface area contributed by atoms with Crippen LogP contribution < -0.4 is 4.90 Å². The minimum atomic E-state index is 0.110. The van der Waals surface area contributed by atoms with Crippen LogP contribution in [-0.4, -0.2) is 59.9 Å². The van der Waals surface area contributed by atoms with Gasteiger partial charge >= 0.3 is 6.01 Å². The van der Waals surface area contributed by atoms with Crippen LogP contribution in [-0.2, 0) is 9.53 Å². The summed E-state index contributed by atoms with van der Waals surface area (Å²) in [6.45, 7) is 7.72. The molecule has 1 amide bonds. The van der Waals surface area contributed by atoms with Crippen molar-refractivity contribution in [3.05, 3.63) is 5.89 Å². The molecule has 2 saturated heterocycles. The molecule has 0 bridgehead atoms. The summed E-state index contributed by atoms with van der Waals surface area (Å²) in [7, 11) is 0. The van der Waals surface area contributed by atoms with Gasteiger partial charge in [-0.3, -0.25) is 4.79 Å². The number of hydrogen-bond acceptors (Lipinski definition) is 6. The van der Waals surface area contributed by atoms with E-state index in [1.54, 1.807) is 0 Å². The van der Waals surface area contributed by atoms with E-state index in [0.717, 1.165) is 32.5 Å². The van der Waals surface area contributed by atoms with Crippen LogP contribution in [0.4, 0.5) is 6.01 Å². The van der Waals surface area contributed by atoms with Gasteiger partial charge in [-0.25, -0.2) is 0 Å². The second kappa shape index (κ2) is 7.29. The summed E-state index contributed by atoms with van der Waals surface area (Å²) >= 11 is 0. The maximum atomic E-state index is 12.4. The zero-order valence-electron chi connectivity index (χ0n) is 14.0. The van der Waals surface area contributed by atoms with Crippen LogP contribution in [0.1, 0.15) is 51.3 Å². The van der Waals surface area contributed by atoms with Crippen molar-refractivity contribution in [2.24, 2.45) is 0 Å². The summed E-state index contributed by atoms with van der Waals surface area (Å²) in [6, 6.07) is 0.566. The van der Waals surface area contributed by atoms with Gasteiger partial charge in [-0.1, -0.05) is 18.9 Å². The monoisotopic (exact) mass is 322 g/mol. The Labute approximate surface area is 137 Å². The minimum Gasteiger partial charge on any atom is -0.408 e. The highest BCUT2D eigenvalue weighted by Crippen LogP contribution is 2.21. The second-order valence-corrected chi connectivity index (χ2v) is 6.64. The molecule has 128 valence electrons. The Morgan fingerprint density at radius 3 is 2.61 bits per heavy atom. The molecule has 7 nitrogen and oxygen atoms in total. The van der Waals surface area contributed by atoms with Crippen LogP contribution in [0.25, 0.3) is 0 Å².